The molecule has 5 heteroatoms. The molecule has 106 valence electrons. The Morgan fingerprint density at radius 3 is 2.68 bits per heavy atom. The third kappa shape index (κ3) is 5.36. The van der Waals surface area contributed by atoms with Gasteiger partial charge in [-0.25, -0.2) is 4.79 Å². The highest BCUT2D eigenvalue weighted by Crippen LogP contribution is 2.07. The highest BCUT2D eigenvalue weighted by atomic mass is 16.5. The number of nitrogens with one attached hydrogen (secondary N) is 1. The van der Waals surface area contributed by atoms with Gasteiger partial charge in [-0.15, -0.1) is 0 Å². The van der Waals surface area contributed by atoms with Crippen LogP contribution < -0.4 is 5.32 Å². The SMILES string of the molecule is CCOC(C)(C)CNCc1ccc(C(=O)OC)cn1. The molecule has 0 aliphatic heterocycles. The summed E-state index contributed by atoms with van der Waals surface area (Å²) < 4.78 is 10.2. The molecule has 0 aromatic carbocycles. The van der Waals surface area contributed by atoms with Crippen LogP contribution in [0, 0.1) is 0 Å². The standard InChI is InChI=1S/C14H22N2O3/c1-5-19-14(2,3)10-15-9-12-7-6-11(8-16-12)13(17)18-4/h6-8,15H,5,9-10H2,1-4H3. The molecule has 1 rings (SSSR count). The van der Waals surface area contributed by atoms with Crippen LogP contribution in [0.1, 0.15) is 36.8 Å². The van der Waals surface area contributed by atoms with Crippen LogP contribution in [0.4, 0.5) is 0 Å². The summed E-state index contributed by atoms with van der Waals surface area (Å²) in [5.74, 6) is -0.371. The third-order valence-electron chi connectivity index (χ3n) is 2.64. The van der Waals surface area contributed by atoms with Gasteiger partial charge in [-0.1, -0.05) is 0 Å². The second-order valence-corrected chi connectivity index (χ2v) is 4.83. The molecule has 5 nitrogen and oxygen atoms in total. The second-order valence-electron chi connectivity index (χ2n) is 4.83. The lowest BCUT2D eigenvalue weighted by molar-refractivity contribution is -0.00902. The molecule has 0 atom stereocenters. The van der Waals surface area contributed by atoms with Crippen molar-refractivity contribution in [3.8, 4) is 0 Å². The number of pyridine rings is 1. The molecule has 0 aliphatic rings. The summed E-state index contributed by atoms with van der Waals surface area (Å²) in [6.07, 6.45) is 1.52. The number of aromatic nitrogens is 1. The van der Waals surface area contributed by atoms with Gasteiger partial charge in [0, 0.05) is 25.9 Å². The van der Waals surface area contributed by atoms with Crippen molar-refractivity contribution in [3.63, 3.8) is 0 Å². The van der Waals surface area contributed by atoms with Crippen molar-refractivity contribution in [1.82, 2.24) is 10.3 Å². The highest BCUT2D eigenvalue weighted by molar-refractivity contribution is 5.88. The van der Waals surface area contributed by atoms with Crippen molar-refractivity contribution in [1.29, 1.82) is 0 Å². The average Bonchev–Trinajstić information content (AvgIpc) is 2.38. The Kier molecular flexibility index (Phi) is 5.92. The van der Waals surface area contributed by atoms with E-state index in [9.17, 15) is 4.79 Å². The molecule has 0 fully saturated rings. The lowest BCUT2D eigenvalue weighted by atomic mass is 10.1. The number of methoxy groups -OCH3 is 1. The number of esters is 1. The van der Waals surface area contributed by atoms with Crippen LogP contribution >= 0.6 is 0 Å². The van der Waals surface area contributed by atoms with E-state index in [-0.39, 0.29) is 11.6 Å². The summed E-state index contributed by atoms with van der Waals surface area (Å²) in [4.78, 5) is 15.5. The van der Waals surface area contributed by atoms with Crippen molar-refractivity contribution >= 4 is 5.97 Å². The Morgan fingerprint density at radius 1 is 1.42 bits per heavy atom. The molecule has 0 radical (unpaired) electrons. The molecule has 0 unspecified atom stereocenters. The summed E-state index contributed by atoms with van der Waals surface area (Å²) >= 11 is 0. The summed E-state index contributed by atoms with van der Waals surface area (Å²) in [7, 11) is 1.35. The van der Waals surface area contributed by atoms with Crippen molar-refractivity contribution in [3.05, 3.63) is 29.6 Å². The van der Waals surface area contributed by atoms with Crippen LogP contribution in [0.3, 0.4) is 0 Å². The highest BCUT2D eigenvalue weighted by Gasteiger charge is 2.16. The first-order valence-corrected chi connectivity index (χ1v) is 6.36. The zero-order chi connectivity index (χ0) is 14.3. The van der Waals surface area contributed by atoms with Gasteiger partial charge in [0.05, 0.1) is 24.0 Å². The molecule has 0 amide bonds. The number of nitrogens with zero attached hydrogens (tertiary/aromatic N) is 1. The Labute approximate surface area is 114 Å². The van der Waals surface area contributed by atoms with Gasteiger partial charge >= 0.3 is 5.97 Å². The van der Waals surface area contributed by atoms with E-state index in [4.69, 9.17) is 4.74 Å². The molecule has 0 saturated heterocycles. The molecule has 19 heavy (non-hydrogen) atoms. The minimum absolute atomic E-state index is 0.194. The first kappa shape index (κ1) is 15.6. The molecule has 1 N–H and O–H groups in total. The largest absolute Gasteiger partial charge is 0.465 e. The molecular weight excluding hydrogens is 244 g/mol. The van der Waals surface area contributed by atoms with Gasteiger partial charge in [0.1, 0.15) is 0 Å². The second kappa shape index (κ2) is 7.21. The van der Waals surface area contributed by atoms with Gasteiger partial charge in [-0.2, -0.15) is 0 Å². The number of hydrogen-bond donors (Lipinski definition) is 1. The maximum atomic E-state index is 11.2. The predicted molar refractivity (Wildman–Crippen MR) is 73.0 cm³/mol. The van der Waals surface area contributed by atoms with E-state index in [0.29, 0.717) is 18.7 Å². The topological polar surface area (TPSA) is 60.5 Å². The maximum absolute atomic E-state index is 11.2. The fourth-order valence-electron chi connectivity index (χ4n) is 1.70. The third-order valence-corrected chi connectivity index (χ3v) is 2.64. The molecule has 0 aliphatic carbocycles. The number of rotatable bonds is 7. The first-order chi connectivity index (χ1) is 8.98. The lowest BCUT2D eigenvalue weighted by Gasteiger charge is -2.24. The van der Waals surface area contributed by atoms with Gasteiger partial charge in [-0.05, 0) is 32.9 Å². The Bertz CT molecular complexity index is 402. The first-order valence-electron chi connectivity index (χ1n) is 6.36. The van der Waals surface area contributed by atoms with Crippen molar-refractivity contribution < 1.29 is 14.3 Å². The van der Waals surface area contributed by atoms with E-state index in [2.05, 4.69) is 15.0 Å². The Hall–Kier alpha value is -1.46. The summed E-state index contributed by atoms with van der Waals surface area (Å²) in [6, 6.07) is 3.52. The zero-order valence-electron chi connectivity index (χ0n) is 12.0. The van der Waals surface area contributed by atoms with Crippen molar-refractivity contribution in [2.45, 2.75) is 32.9 Å². The number of ether oxygens (including phenoxy) is 2. The van der Waals surface area contributed by atoms with Gasteiger partial charge in [0.2, 0.25) is 0 Å². The van der Waals surface area contributed by atoms with E-state index in [0.717, 1.165) is 12.2 Å². The fraction of sp³-hybridized carbons (Fsp3) is 0.571. The van der Waals surface area contributed by atoms with Crippen molar-refractivity contribution in [2.75, 3.05) is 20.3 Å². The minimum Gasteiger partial charge on any atom is -0.465 e. The van der Waals surface area contributed by atoms with Crippen LogP contribution in [0.15, 0.2) is 18.3 Å². The van der Waals surface area contributed by atoms with Crippen LogP contribution in [0.25, 0.3) is 0 Å². The van der Waals surface area contributed by atoms with Gasteiger partial charge in [-0.3, -0.25) is 4.98 Å². The van der Waals surface area contributed by atoms with Crippen LogP contribution in [-0.4, -0.2) is 36.8 Å². The molecule has 1 heterocycles. The van der Waals surface area contributed by atoms with Gasteiger partial charge in [0.15, 0.2) is 0 Å². The molecule has 1 aromatic rings. The molecule has 0 spiro atoms. The Balaban J connectivity index is 2.44. The predicted octanol–water partition coefficient (Wildman–Crippen LogP) is 1.77. The Morgan fingerprint density at radius 2 is 2.16 bits per heavy atom. The van der Waals surface area contributed by atoms with E-state index in [1.807, 2.05) is 26.8 Å². The smallest absolute Gasteiger partial charge is 0.339 e. The van der Waals surface area contributed by atoms with E-state index in [1.165, 1.54) is 13.3 Å². The van der Waals surface area contributed by atoms with E-state index >= 15 is 0 Å². The van der Waals surface area contributed by atoms with E-state index < -0.39 is 0 Å². The van der Waals surface area contributed by atoms with E-state index in [1.54, 1.807) is 6.07 Å². The monoisotopic (exact) mass is 266 g/mol. The molecule has 0 saturated carbocycles. The molecular formula is C14H22N2O3. The fourth-order valence-corrected chi connectivity index (χ4v) is 1.70. The van der Waals surface area contributed by atoms with Crippen molar-refractivity contribution in [2.24, 2.45) is 0 Å². The normalized spacial score (nSPS) is 11.4. The summed E-state index contributed by atoms with van der Waals surface area (Å²) in [6.45, 7) is 8.13. The average molecular weight is 266 g/mol. The maximum Gasteiger partial charge on any atom is 0.339 e. The number of carbonyl (C=O) groups is 1. The zero-order valence-corrected chi connectivity index (χ0v) is 12.0. The quantitative estimate of drug-likeness (QED) is 0.762. The molecule has 0 bridgehead atoms. The van der Waals surface area contributed by atoms with Gasteiger partial charge < -0.3 is 14.8 Å². The molecule has 1 aromatic heterocycles. The van der Waals surface area contributed by atoms with Gasteiger partial charge in [0.25, 0.3) is 0 Å². The van der Waals surface area contributed by atoms with Crippen LogP contribution in [-0.2, 0) is 16.0 Å². The van der Waals surface area contributed by atoms with Crippen LogP contribution in [0.2, 0.25) is 0 Å². The van der Waals surface area contributed by atoms with Crippen LogP contribution in [0.5, 0.6) is 0 Å². The summed E-state index contributed by atoms with van der Waals surface area (Å²) in [5.41, 5.74) is 1.14. The lowest BCUT2D eigenvalue weighted by Crippen LogP contribution is -2.37. The number of hydrogen-bond acceptors (Lipinski definition) is 5. The minimum atomic E-state index is -0.371. The number of carbonyl (C=O) groups excluding carboxylic acids is 1. The summed E-state index contributed by atoms with van der Waals surface area (Å²) in [5, 5.41) is 3.29.